The summed E-state index contributed by atoms with van der Waals surface area (Å²) in [6.07, 6.45) is 3.52. The minimum atomic E-state index is 0.285. The van der Waals surface area contributed by atoms with Crippen LogP contribution in [0.5, 0.6) is 0 Å². The third-order valence-corrected chi connectivity index (χ3v) is 4.68. The minimum absolute atomic E-state index is 0.285. The Kier molecular flexibility index (Phi) is 5.06. The zero-order valence-electron chi connectivity index (χ0n) is 15.6. The number of hydrogen-bond donors (Lipinski definition) is 0. The minimum Gasteiger partial charge on any atom is -0.353 e. The van der Waals surface area contributed by atoms with Gasteiger partial charge in [-0.05, 0) is 24.3 Å². The molecule has 8 nitrogen and oxygen atoms in total. The molecule has 0 aromatic carbocycles. The van der Waals surface area contributed by atoms with Crippen LogP contribution in [0, 0.1) is 0 Å². The predicted octanol–water partition coefficient (Wildman–Crippen LogP) is 2.37. The largest absolute Gasteiger partial charge is 0.353 e. The molecule has 1 aliphatic heterocycles. The lowest BCUT2D eigenvalue weighted by Gasteiger charge is -2.34. The van der Waals surface area contributed by atoms with E-state index in [1.807, 2.05) is 24.3 Å². The van der Waals surface area contributed by atoms with Gasteiger partial charge in [-0.25, -0.2) is 0 Å². The Morgan fingerprint density at radius 3 is 2.41 bits per heavy atom. The monoisotopic (exact) mass is 365 g/mol. The van der Waals surface area contributed by atoms with E-state index < -0.39 is 0 Å². The molecule has 4 heterocycles. The summed E-state index contributed by atoms with van der Waals surface area (Å²) in [6.45, 7) is 8.46. The Morgan fingerprint density at radius 1 is 1.00 bits per heavy atom. The third kappa shape index (κ3) is 4.11. The lowest BCUT2D eigenvalue weighted by atomic mass is 10.2. The van der Waals surface area contributed by atoms with Gasteiger partial charge in [0.15, 0.2) is 11.6 Å². The van der Waals surface area contributed by atoms with Crippen molar-refractivity contribution in [2.75, 3.05) is 31.1 Å². The van der Waals surface area contributed by atoms with Crippen molar-refractivity contribution in [3.05, 3.63) is 48.4 Å². The van der Waals surface area contributed by atoms with Gasteiger partial charge in [-0.1, -0.05) is 19.0 Å². The summed E-state index contributed by atoms with van der Waals surface area (Å²) >= 11 is 0. The molecule has 1 saturated heterocycles. The van der Waals surface area contributed by atoms with E-state index in [0.717, 1.165) is 49.1 Å². The number of rotatable bonds is 5. The fourth-order valence-corrected chi connectivity index (χ4v) is 3.06. The topological polar surface area (TPSA) is 84.1 Å². The average molecular weight is 365 g/mol. The first-order valence-corrected chi connectivity index (χ1v) is 9.23. The van der Waals surface area contributed by atoms with Gasteiger partial charge in [-0.3, -0.25) is 9.88 Å². The summed E-state index contributed by atoms with van der Waals surface area (Å²) in [7, 11) is 0. The van der Waals surface area contributed by atoms with Crippen molar-refractivity contribution in [3.8, 4) is 11.3 Å². The molecule has 27 heavy (non-hydrogen) atoms. The molecule has 0 radical (unpaired) electrons. The lowest BCUT2D eigenvalue weighted by Crippen LogP contribution is -2.46. The van der Waals surface area contributed by atoms with Crippen molar-refractivity contribution < 1.29 is 4.52 Å². The maximum Gasteiger partial charge on any atom is 0.240 e. The maximum atomic E-state index is 5.35. The molecule has 3 aromatic heterocycles. The summed E-state index contributed by atoms with van der Waals surface area (Å²) in [4.78, 5) is 13.1. The van der Waals surface area contributed by atoms with E-state index >= 15 is 0 Å². The zero-order valence-corrected chi connectivity index (χ0v) is 15.6. The van der Waals surface area contributed by atoms with Crippen LogP contribution in [0.2, 0.25) is 0 Å². The molecular weight excluding hydrogens is 342 g/mol. The summed E-state index contributed by atoms with van der Waals surface area (Å²) in [6, 6.07) is 7.91. The highest BCUT2D eigenvalue weighted by molar-refractivity contribution is 5.58. The van der Waals surface area contributed by atoms with Crippen LogP contribution >= 0.6 is 0 Å². The van der Waals surface area contributed by atoms with Crippen LogP contribution in [0.15, 0.2) is 41.2 Å². The van der Waals surface area contributed by atoms with Crippen molar-refractivity contribution in [1.29, 1.82) is 0 Å². The highest BCUT2D eigenvalue weighted by Crippen LogP contribution is 2.19. The van der Waals surface area contributed by atoms with Crippen LogP contribution in [-0.2, 0) is 6.54 Å². The molecule has 0 atom stereocenters. The molecule has 0 aliphatic carbocycles. The third-order valence-electron chi connectivity index (χ3n) is 4.68. The van der Waals surface area contributed by atoms with Gasteiger partial charge in [0, 0.05) is 50.1 Å². The van der Waals surface area contributed by atoms with Crippen LogP contribution in [-0.4, -0.2) is 56.4 Å². The number of aromatic nitrogens is 5. The summed E-state index contributed by atoms with van der Waals surface area (Å²) in [5, 5.41) is 12.8. The van der Waals surface area contributed by atoms with Gasteiger partial charge in [0.05, 0.1) is 12.2 Å². The predicted molar refractivity (Wildman–Crippen MR) is 101 cm³/mol. The number of pyridine rings is 1. The smallest absolute Gasteiger partial charge is 0.240 e. The van der Waals surface area contributed by atoms with Crippen molar-refractivity contribution in [1.82, 2.24) is 30.2 Å². The van der Waals surface area contributed by atoms with E-state index in [2.05, 4.69) is 49.0 Å². The van der Waals surface area contributed by atoms with Crippen LogP contribution in [0.4, 0.5) is 5.82 Å². The number of hydrogen-bond acceptors (Lipinski definition) is 8. The molecule has 0 amide bonds. The second-order valence-electron chi connectivity index (χ2n) is 6.98. The van der Waals surface area contributed by atoms with E-state index in [1.165, 1.54) is 0 Å². The van der Waals surface area contributed by atoms with E-state index in [9.17, 15) is 0 Å². The van der Waals surface area contributed by atoms with Gasteiger partial charge < -0.3 is 9.42 Å². The summed E-state index contributed by atoms with van der Waals surface area (Å²) < 4.78 is 5.35. The molecule has 0 N–H and O–H groups in total. The Morgan fingerprint density at radius 2 is 1.78 bits per heavy atom. The standard InChI is InChI=1S/C19H23N7O/c1-14(2)19-21-18(27-24-19)13-25-9-11-26(12-10-25)17-4-3-16(22-23-17)15-5-7-20-8-6-15/h3-8,14H,9-13H2,1-2H3. The van der Waals surface area contributed by atoms with Crippen molar-refractivity contribution in [2.45, 2.75) is 26.3 Å². The van der Waals surface area contributed by atoms with Gasteiger partial charge >= 0.3 is 0 Å². The first-order chi connectivity index (χ1) is 13.2. The fraction of sp³-hybridized carbons (Fsp3) is 0.421. The Bertz CT molecular complexity index is 855. The molecule has 0 unspecified atom stereocenters. The van der Waals surface area contributed by atoms with Crippen LogP contribution in [0.3, 0.4) is 0 Å². The van der Waals surface area contributed by atoms with Gasteiger partial charge in [0.1, 0.15) is 0 Å². The highest BCUT2D eigenvalue weighted by atomic mass is 16.5. The number of anilines is 1. The van der Waals surface area contributed by atoms with Crippen LogP contribution in [0.1, 0.15) is 31.5 Å². The number of nitrogens with zero attached hydrogens (tertiary/aromatic N) is 7. The fourth-order valence-electron chi connectivity index (χ4n) is 3.06. The highest BCUT2D eigenvalue weighted by Gasteiger charge is 2.21. The first-order valence-electron chi connectivity index (χ1n) is 9.23. The molecule has 0 bridgehead atoms. The van der Waals surface area contributed by atoms with E-state index in [0.29, 0.717) is 12.4 Å². The normalized spacial score (nSPS) is 15.4. The molecule has 8 heteroatoms. The molecule has 0 spiro atoms. The Balaban J connectivity index is 1.33. The molecule has 0 saturated carbocycles. The Hall–Kier alpha value is -2.87. The van der Waals surface area contributed by atoms with Crippen molar-refractivity contribution in [2.24, 2.45) is 0 Å². The van der Waals surface area contributed by atoms with Gasteiger partial charge in [-0.2, -0.15) is 4.98 Å². The second kappa shape index (κ2) is 7.79. The lowest BCUT2D eigenvalue weighted by molar-refractivity contribution is 0.215. The SMILES string of the molecule is CC(C)c1noc(CN2CCN(c3ccc(-c4ccncc4)nn3)CC2)n1. The van der Waals surface area contributed by atoms with E-state index in [1.54, 1.807) is 12.4 Å². The van der Waals surface area contributed by atoms with Gasteiger partial charge in [0.25, 0.3) is 0 Å². The molecule has 1 fully saturated rings. The Labute approximate surface area is 158 Å². The molecule has 3 aromatic rings. The maximum absolute atomic E-state index is 5.35. The molecule has 1 aliphatic rings. The molecular formula is C19H23N7O. The summed E-state index contributed by atoms with van der Waals surface area (Å²) in [5.74, 6) is 2.65. The number of piperazine rings is 1. The average Bonchev–Trinajstić information content (AvgIpc) is 3.18. The van der Waals surface area contributed by atoms with E-state index in [-0.39, 0.29) is 5.92 Å². The molecule has 140 valence electrons. The second-order valence-corrected chi connectivity index (χ2v) is 6.98. The van der Waals surface area contributed by atoms with Gasteiger partial charge in [0.2, 0.25) is 5.89 Å². The first kappa shape index (κ1) is 17.5. The quantitative estimate of drug-likeness (QED) is 0.681. The molecule has 4 rings (SSSR count). The van der Waals surface area contributed by atoms with Crippen molar-refractivity contribution in [3.63, 3.8) is 0 Å². The summed E-state index contributed by atoms with van der Waals surface area (Å²) in [5.41, 5.74) is 1.88. The zero-order chi connectivity index (χ0) is 18.6. The van der Waals surface area contributed by atoms with Crippen molar-refractivity contribution >= 4 is 5.82 Å². The van der Waals surface area contributed by atoms with E-state index in [4.69, 9.17) is 4.52 Å². The van der Waals surface area contributed by atoms with Crippen LogP contribution in [0.25, 0.3) is 11.3 Å². The van der Waals surface area contributed by atoms with Gasteiger partial charge in [-0.15, -0.1) is 10.2 Å². The van der Waals surface area contributed by atoms with Crippen LogP contribution < -0.4 is 4.90 Å².